The smallest absolute Gasteiger partial charge is 0.235 e. The number of phenols is 1. The van der Waals surface area contributed by atoms with Crippen LogP contribution in [0.3, 0.4) is 0 Å². The predicted molar refractivity (Wildman–Crippen MR) is 140 cm³/mol. The Kier molecular flexibility index (Phi) is 7.15. The number of likely N-dealkylation sites (N-methyl/N-ethyl adjacent to an activating group) is 1. The minimum Gasteiger partial charge on any atom is -0.507 e. The summed E-state index contributed by atoms with van der Waals surface area (Å²) in [6.45, 7) is 7.66. The number of nitrogens with zero attached hydrogens (tertiary/aromatic N) is 1. The van der Waals surface area contributed by atoms with Gasteiger partial charge >= 0.3 is 0 Å². The lowest BCUT2D eigenvalue weighted by Crippen LogP contribution is -2.77. The fraction of sp³-hybridized carbons (Fsp3) is 0.621. The second kappa shape index (κ2) is 9.60. The number of rotatable bonds is 6. The van der Waals surface area contributed by atoms with Crippen LogP contribution in [0.5, 0.6) is 5.75 Å². The number of hydrogen-bond acceptors (Lipinski definition) is 9. The number of aliphatic hydroxyl groups excluding tert-OH is 1. The summed E-state index contributed by atoms with van der Waals surface area (Å²) in [6.07, 6.45) is 0.944. The molecule has 3 aliphatic carbocycles. The van der Waals surface area contributed by atoms with Crippen molar-refractivity contribution in [2.24, 2.45) is 29.4 Å². The number of Topliss-reactive ketones (excluding diaryl/α,β-unsaturated/α-hetero) is 4. The number of nitrogens with two attached hydrogens (primary N) is 1. The molecule has 0 saturated heterocycles. The molecule has 1 aromatic rings. The average Bonchev–Trinajstić information content (AvgIpc) is 2.84. The number of phenolic OH excluding ortho intramolecular Hbond substituents is 1. The van der Waals surface area contributed by atoms with Gasteiger partial charge in [-0.2, -0.15) is 0 Å². The van der Waals surface area contributed by atoms with Gasteiger partial charge in [0.2, 0.25) is 5.91 Å². The van der Waals surface area contributed by atoms with Crippen LogP contribution in [0.15, 0.2) is 12.1 Å². The fourth-order valence-electron chi connectivity index (χ4n) is 7.29. The van der Waals surface area contributed by atoms with Crippen molar-refractivity contribution in [1.82, 2.24) is 4.90 Å². The van der Waals surface area contributed by atoms with Crippen LogP contribution >= 0.6 is 0 Å². The van der Waals surface area contributed by atoms with Gasteiger partial charge in [0.1, 0.15) is 5.75 Å². The number of benzene rings is 1. The Morgan fingerprint density at radius 1 is 1.13 bits per heavy atom. The van der Waals surface area contributed by atoms with E-state index in [0.717, 1.165) is 19.3 Å². The van der Waals surface area contributed by atoms with Crippen LogP contribution in [0, 0.1) is 23.7 Å². The van der Waals surface area contributed by atoms with Gasteiger partial charge in [-0.3, -0.25) is 28.9 Å². The lowest BCUT2D eigenvalue weighted by molar-refractivity contribution is -0.196. The highest BCUT2D eigenvalue weighted by Gasteiger charge is 2.72. The molecule has 0 spiro atoms. The van der Waals surface area contributed by atoms with Gasteiger partial charge in [0, 0.05) is 11.5 Å². The molecule has 39 heavy (non-hydrogen) atoms. The molecule has 10 heteroatoms. The van der Waals surface area contributed by atoms with Crippen LogP contribution in [0.25, 0.3) is 0 Å². The van der Waals surface area contributed by atoms with E-state index in [4.69, 9.17) is 5.73 Å². The molecule has 5 N–H and O–H groups in total. The van der Waals surface area contributed by atoms with Crippen LogP contribution in [0.1, 0.15) is 74.4 Å². The molecule has 0 aliphatic heterocycles. The first kappa shape index (κ1) is 29.0. The quantitative estimate of drug-likeness (QED) is 0.380. The van der Waals surface area contributed by atoms with Crippen molar-refractivity contribution in [1.29, 1.82) is 0 Å². The molecule has 1 amide bonds. The number of aliphatic hydroxyl groups is 2. The summed E-state index contributed by atoms with van der Waals surface area (Å²) < 4.78 is 0. The van der Waals surface area contributed by atoms with Crippen molar-refractivity contribution in [3.05, 3.63) is 28.8 Å². The molecule has 2 saturated carbocycles. The molecule has 0 radical (unpaired) electrons. The Labute approximate surface area is 227 Å². The first-order chi connectivity index (χ1) is 18.0. The van der Waals surface area contributed by atoms with Crippen LogP contribution < -0.4 is 5.73 Å². The highest BCUT2D eigenvalue weighted by Crippen LogP contribution is 2.55. The number of ketones is 4. The van der Waals surface area contributed by atoms with E-state index in [0.29, 0.717) is 11.1 Å². The number of unbranched alkanes of at least 4 members (excludes halogenated alkanes) is 1. The number of hydrogen-bond donors (Lipinski definition) is 4. The summed E-state index contributed by atoms with van der Waals surface area (Å²) >= 11 is 0. The van der Waals surface area contributed by atoms with Gasteiger partial charge in [-0.1, -0.05) is 52.7 Å². The zero-order valence-electron chi connectivity index (χ0n) is 23.2. The Bertz CT molecular complexity index is 1270. The summed E-state index contributed by atoms with van der Waals surface area (Å²) in [7, 11) is 2.93. The normalized spacial score (nSPS) is 34.5. The van der Waals surface area contributed by atoms with Crippen LogP contribution in [-0.4, -0.2) is 81.1 Å². The second-order valence-electron chi connectivity index (χ2n) is 12.3. The number of carbonyl (C=O) groups is 5. The zero-order chi connectivity index (χ0) is 29.4. The molecule has 8 unspecified atom stereocenters. The standard InChI is InChI=1S/C29H38N2O8/c1-7-8-11-28(3,4)14-10-9-13-12(2)15-17(22(33)16(13)21(14)32)25(36)29(39)19(23(15)34)20(31(5)6)24(35)18(26(29)37)27(30)38/h9-10,12,15,17-20,23,32,34,39H,7-8,11H2,1-6H3,(H2,30,38). The monoisotopic (exact) mass is 542 g/mol. The third-order valence-corrected chi connectivity index (χ3v) is 9.37. The van der Waals surface area contributed by atoms with Crippen LogP contribution in [-0.2, 0) is 24.6 Å². The molecule has 0 heterocycles. The fourth-order valence-corrected chi connectivity index (χ4v) is 7.29. The molecule has 0 bridgehead atoms. The maximum absolute atomic E-state index is 14.0. The third-order valence-electron chi connectivity index (χ3n) is 9.37. The van der Waals surface area contributed by atoms with Gasteiger partial charge in [-0.05, 0) is 37.4 Å². The molecule has 212 valence electrons. The number of fused-ring (bicyclic) bond motifs is 3. The number of amides is 1. The second-order valence-corrected chi connectivity index (χ2v) is 12.3. The first-order valence-corrected chi connectivity index (χ1v) is 13.4. The lowest BCUT2D eigenvalue weighted by atomic mass is 9.49. The first-order valence-electron chi connectivity index (χ1n) is 13.4. The number of aromatic hydroxyl groups is 1. The largest absolute Gasteiger partial charge is 0.507 e. The van der Waals surface area contributed by atoms with E-state index in [-0.39, 0.29) is 11.3 Å². The van der Waals surface area contributed by atoms with Crippen molar-refractivity contribution in [3.8, 4) is 5.75 Å². The topological polar surface area (TPSA) is 175 Å². The molecular formula is C29H38N2O8. The minimum atomic E-state index is -3.00. The zero-order valence-corrected chi connectivity index (χ0v) is 23.2. The Morgan fingerprint density at radius 2 is 1.74 bits per heavy atom. The van der Waals surface area contributed by atoms with Gasteiger partial charge in [0.05, 0.1) is 29.5 Å². The maximum atomic E-state index is 14.0. The van der Waals surface area contributed by atoms with Crippen molar-refractivity contribution in [2.45, 2.75) is 76.0 Å². The molecule has 10 nitrogen and oxygen atoms in total. The Morgan fingerprint density at radius 3 is 2.28 bits per heavy atom. The van der Waals surface area contributed by atoms with E-state index in [1.807, 2.05) is 13.8 Å². The molecule has 4 rings (SSSR count). The van der Waals surface area contributed by atoms with E-state index in [2.05, 4.69) is 6.92 Å². The number of carbonyl (C=O) groups excluding carboxylic acids is 5. The van der Waals surface area contributed by atoms with E-state index in [1.165, 1.54) is 19.0 Å². The summed E-state index contributed by atoms with van der Waals surface area (Å²) in [6, 6.07) is 2.09. The molecule has 8 atom stereocenters. The molecule has 2 fully saturated rings. The van der Waals surface area contributed by atoms with E-state index in [1.54, 1.807) is 19.1 Å². The Hall–Kier alpha value is -2.95. The van der Waals surface area contributed by atoms with Crippen LogP contribution in [0.4, 0.5) is 0 Å². The van der Waals surface area contributed by atoms with Gasteiger partial charge in [0.25, 0.3) is 0 Å². The van der Waals surface area contributed by atoms with Gasteiger partial charge in [-0.25, -0.2) is 0 Å². The summed E-state index contributed by atoms with van der Waals surface area (Å²) in [5, 5.41) is 34.8. The Balaban J connectivity index is 1.91. The maximum Gasteiger partial charge on any atom is 0.235 e. The van der Waals surface area contributed by atoms with Crippen LogP contribution in [0.2, 0.25) is 0 Å². The van der Waals surface area contributed by atoms with Gasteiger partial charge in [-0.15, -0.1) is 0 Å². The van der Waals surface area contributed by atoms with Crippen molar-refractivity contribution in [2.75, 3.05) is 14.1 Å². The van der Waals surface area contributed by atoms with Crippen molar-refractivity contribution in [3.63, 3.8) is 0 Å². The molecule has 0 aromatic heterocycles. The molecule has 1 aromatic carbocycles. The highest BCUT2D eigenvalue weighted by molar-refractivity contribution is 6.32. The molecular weight excluding hydrogens is 504 g/mol. The average molecular weight is 543 g/mol. The highest BCUT2D eigenvalue weighted by atomic mass is 16.3. The summed E-state index contributed by atoms with van der Waals surface area (Å²) in [5.41, 5.74) is 2.77. The summed E-state index contributed by atoms with van der Waals surface area (Å²) in [5.74, 6) is -13.0. The van der Waals surface area contributed by atoms with Crippen molar-refractivity contribution < 1.29 is 39.3 Å². The van der Waals surface area contributed by atoms with E-state index in [9.17, 15) is 39.3 Å². The van der Waals surface area contributed by atoms with E-state index >= 15 is 0 Å². The minimum absolute atomic E-state index is 0.0663. The lowest BCUT2D eigenvalue weighted by Gasteiger charge is -2.56. The number of primary amides is 1. The van der Waals surface area contributed by atoms with Crippen molar-refractivity contribution >= 4 is 29.0 Å². The SMILES string of the molecule is CCCCC(C)(C)c1ccc2c(c1O)C(=O)C1C(=O)C3(O)C(=O)C(C(N)=O)C(=O)C(N(C)C)C3C(O)C1C2C. The predicted octanol–water partition coefficient (Wildman–Crippen LogP) is 0.867. The van der Waals surface area contributed by atoms with Gasteiger partial charge in [0.15, 0.2) is 34.7 Å². The van der Waals surface area contributed by atoms with Gasteiger partial charge < -0.3 is 21.1 Å². The summed E-state index contributed by atoms with van der Waals surface area (Å²) in [4.78, 5) is 68.2. The molecule has 3 aliphatic rings. The third kappa shape index (κ3) is 3.90. The van der Waals surface area contributed by atoms with E-state index < -0.39 is 81.8 Å².